The zero-order valence-corrected chi connectivity index (χ0v) is 17.8. The number of carbonyl (C=O) groups is 2. The molecule has 0 fully saturated rings. The molecule has 0 saturated carbocycles. The van der Waals surface area contributed by atoms with Crippen molar-refractivity contribution in [2.45, 2.75) is 32.7 Å². The van der Waals surface area contributed by atoms with Crippen LogP contribution < -0.4 is 15.0 Å². The second-order valence-electron chi connectivity index (χ2n) is 7.31. The van der Waals surface area contributed by atoms with Gasteiger partial charge in [0.1, 0.15) is 12.4 Å². The fraction of sp³-hybridized carbons (Fsp3) is 0.417. The molecule has 1 N–H and O–H groups in total. The Labute approximate surface area is 178 Å². The molecule has 1 aliphatic rings. The summed E-state index contributed by atoms with van der Waals surface area (Å²) in [5.74, 6) is 0.564. The number of rotatable bonds is 9. The van der Waals surface area contributed by atoms with Crippen molar-refractivity contribution in [2.24, 2.45) is 0 Å². The third-order valence-electron chi connectivity index (χ3n) is 5.53. The van der Waals surface area contributed by atoms with Gasteiger partial charge in [-0.05, 0) is 30.8 Å². The highest BCUT2D eigenvalue weighted by atomic mass is 16.5. The number of hydrogen-bond acceptors (Lipinski definition) is 4. The summed E-state index contributed by atoms with van der Waals surface area (Å²) < 4.78 is 5.60. The standard InChI is InChI=1S/C24H31N3O3/c1-3-26(4-2)21(19-10-6-5-7-11-19)18-25-23(28)14-15-24(29)27-16-17-30-22-13-9-8-12-20(22)27/h5-13,21H,3-4,14-18H2,1-2H3,(H,25,28). The number of fused-ring (bicyclic) bond motifs is 1. The number of ether oxygens (including phenoxy) is 1. The number of anilines is 1. The first-order valence-corrected chi connectivity index (χ1v) is 10.7. The van der Waals surface area contributed by atoms with Crippen LogP contribution in [0.25, 0.3) is 0 Å². The smallest absolute Gasteiger partial charge is 0.227 e. The van der Waals surface area contributed by atoms with E-state index in [9.17, 15) is 9.59 Å². The van der Waals surface area contributed by atoms with E-state index in [4.69, 9.17) is 4.74 Å². The largest absolute Gasteiger partial charge is 0.490 e. The summed E-state index contributed by atoms with van der Waals surface area (Å²) >= 11 is 0. The molecule has 0 aliphatic carbocycles. The number of para-hydroxylation sites is 2. The van der Waals surface area contributed by atoms with Gasteiger partial charge in [0.15, 0.2) is 0 Å². The zero-order chi connectivity index (χ0) is 21.3. The van der Waals surface area contributed by atoms with Crippen molar-refractivity contribution in [1.82, 2.24) is 10.2 Å². The molecule has 1 aliphatic heterocycles. The van der Waals surface area contributed by atoms with Crippen molar-refractivity contribution in [3.05, 3.63) is 60.2 Å². The Morgan fingerprint density at radius 2 is 1.73 bits per heavy atom. The summed E-state index contributed by atoms with van der Waals surface area (Å²) in [5.41, 5.74) is 1.96. The van der Waals surface area contributed by atoms with Crippen LogP contribution in [0.5, 0.6) is 5.75 Å². The maximum Gasteiger partial charge on any atom is 0.227 e. The number of nitrogens with zero attached hydrogens (tertiary/aromatic N) is 2. The summed E-state index contributed by atoms with van der Waals surface area (Å²) in [6.45, 7) is 7.56. The van der Waals surface area contributed by atoms with Crippen LogP contribution in [-0.4, -0.2) is 49.5 Å². The fourth-order valence-electron chi connectivity index (χ4n) is 3.88. The molecule has 0 saturated heterocycles. The molecule has 0 bridgehead atoms. The van der Waals surface area contributed by atoms with Crippen LogP contribution in [-0.2, 0) is 9.59 Å². The number of hydrogen-bond donors (Lipinski definition) is 1. The predicted octanol–water partition coefficient (Wildman–Crippen LogP) is 3.39. The molecule has 0 spiro atoms. The lowest BCUT2D eigenvalue weighted by molar-refractivity contribution is -0.125. The van der Waals surface area contributed by atoms with Crippen molar-refractivity contribution in [1.29, 1.82) is 0 Å². The van der Waals surface area contributed by atoms with Crippen molar-refractivity contribution in [3.63, 3.8) is 0 Å². The van der Waals surface area contributed by atoms with Crippen LogP contribution in [0.4, 0.5) is 5.69 Å². The second-order valence-corrected chi connectivity index (χ2v) is 7.31. The van der Waals surface area contributed by atoms with E-state index in [1.54, 1.807) is 4.90 Å². The van der Waals surface area contributed by atoms with Crippen LogP contribution in [0, 0.1) is 0 Å². The van der Waals surface area contributed by atoms with Gasteiger partial charge in [0.05, 0.1) is 18.3 Å². The number of carbonyl (C=O) groups excluding carboxylic acids is 2. The first-order valence-electron chi connectivity index (χ1n) is 10.7. The highest BCUT2D eigenvalue weighted by Gasteiger charge is 2.24. The Morgan fingerprint density at radius 3 is 2.47 bits per heavy atom. The van der Waals surface area contributed by atoms with Gasteiger partial charge in [-0.1, -0.05) is 56.3 Å². The first kappa shape index (κ1) is 21.8. The molecule has 30 heavy (non-hydrogen) atoms. The van der Waals surface area contributed by atoms with Crippen molar-refractivity contribution in [3.8, 4) is 5.75 Å². The van der Waals surface area contributed by atoms with Gasteiger partial charge >= 0.3 is 0 Å². The summed E-state index contributed by atoms with van der Waals surface area (Å²) in [7, 11) is 0. The van der Waals surface area contributed by atoms with Crippen LogP contribution in [0.15, 0.2) is 54.6 Å². The zero-order valence-electron chi connectivity index (χ0n) is 17.8. The topological polar surface area (TPSA) is 61.9 Å². The third-order valence-corrected chi connectivity index (χ3v) is 5.53. The van der Waals surface area contributed by atoms with Gasteiger partial charge in [0.25, 0.3) is 0 Å². The maximum absolute atomic E-state index is 12.7. The second kappa shape index (κ2) is 10.8. The van der Waals surface area contributed by atoms with Crippen LogP contribution in [0.3, 0.4) is 0 Å². The molecule has 160 valence electrons. The lowest BCUT2D eigenvalue weighted by Gasteiger charge is -2.30. The third kappa shape index (κ3) is 5.39. The van der Waals surface area contributed by atoms with E-state index in [2.05, 4.69) is 36.2 Å². The Hall–Kier alpha value is -2.86. The van der Waals surface area contributed by atoms with E-state index in [1.165, 1.54) is 5.56 Å². The number of benzene rings is 2. The van der Waals surface area contributed by atoms with Crippen LogP contribution in [0.1, 0.15) is 38.3 Å². The average Bonchev–Trinajstić information content (AvgIpc) is 2.80. The summed E-state index contributed by atoms with van der Waals surface area (Å²) in [6.07, 6.45) is 0.361. The lowest BCUT2D eigenvalue weighted by Crippen LogP contribution is -2.40. The normalized spacial score (nSPS) is 14.0. The Kier molecular flexibility index (Phi) is 7.85. The number of nitrogens with one attached hydrogen (secondary N) is 1. The highest BCUT2D eigenvalue weighted by Crippen LogP contribution is 2.31. The van der Waals surface area contributed by atoms with Crippen LogP contribution in [0.2, 0.25) is 0 Å². The average molecular weight is 410 g/mol. The quantitative estimate of drug-likeness (QED) is 0.690. The van der Waals surface area contributed by atoms with Gasteiger partial charge in [0, 0.05) is 19.4 Å². The Bertz CT molecular complexity index is 837. The lowest BCUT2D eigenvalue weighted by atomic mass is 10.0. The van der Waals surface area contributed by atoms with E-state index in [-0.39, 0.29) is 30.7 Å². The van der Waals surface area contributed by atoms with E-state index in [0.717, 1.165) is 18.8 Å². The number of amides is 2. The van der Waals surface area contributed by atoms with Gasteiger partial charge in [0.2, 0.25) is 11.8 Å². The molecular formula is C24H31N3O3. The van der Waals surface area contributed by atoms with Gasteiger partial charge in [-0.25, -0.2) is 0 Å². The van der Waals surface area contributed by atoms with Gasteiger partial charge in [-0.3, -0.25) is 14.5 Å². The van der Waals surface area contributed by atoms with E-state index < -0.39 is 0 Å². The molecule has 2 aromatic rings. The maximum atomic E-state index is 12.7. The van der Waals surface area contributed by atoms with Gasteiger partial charge in [-0.2, -0.15) is 0 Å². The Morgan fingerprint density at radius 1 is 1.03 bits per heavy atom. The van der Waals surface area contributed by atoms with E-state index in [0.29, 0.717) is 25.4 Å². The monoisotopic (exact) mass is 409 g/mol. The number of likely N-dealkylation sites (N-methyl/N-ethyl adjacent to an activating group) is 1. The molecule has 1 atom stereocenters. The van der Waals surface area contributed by atoms with E-state index in [1.807, 2.05) is 42.5 Å². The minimum absolute atomic E-state index is 0.0516. The molecule has 6 nitrogen and oxygen atoms in total. The molecule has 2 amide bonds. The molecule has 1 heterocycles. The van der Waals surface area contributed by atoms with Gasteiger partial charge < -0.3 is 15.0 Å². The molecule has 3 rings (SSSR count). The minimum atomic E-state index is -0.0991. The predicted molar refractivity (Wildman–Crippen MR) is 119 cm³/mol. The molecule has 6 heteroatoms. The molecule has 0 radical (unpaired) electrons. The van der Waals surface area contributed by atoms with Gasteiger partial charge in [-0.15, -0.1) is 0 Å². The molecule has 1 unspecified atom stereocenters. The van der Waals surface area contributed by atoms with Crippen molar-refractivity contribution in [2.75, 3.05) is 37.7 Å². The summed E-state index contributed by atoms with van der Waals surface area (Å²) in [4.78, 5) is 29.2. The Balaban J connectivity index is 1.54. The molecular weight excluding hydrogens is 378 g/mol. The summed E-state index contributed by atoms with van der Waals surface area (Å²) in [6, 6.07) is 17.8. The summed E-state index contributed by atoms with van der Waals surface area (Å²) in [5, 5.41) is 3.03. The van der Waals surface area contributed by atoms with Crippen molar-refractivity contribution < 1.29 is 14.3 Å². The van der Waals surface area contributed by atoms with Crippen LogP contribution >= 0.6 is 0 Å². The van der Waals surface area contributed by atoms with E-state index >= 15 is 0 Å². The molecule has 0 aromatic heterocycles. The SMILES string of the molecule is CCN(CC)C(CNC(=O)CCC(=O)N1CCOc2ccccc21)c1ccccc1. The molecule has 2 aromatic carbocycles. The fourth-order valence-corrected chi connectivity index (χ4v) is 3.88. The highest BCUT2D eigenvalue weighted by molar-refractivity contribution is 5.97. The van der Waals surface area contributed by atoms with Crippen molar-refractivity contribution >= 4 is 17.5 Å². The first-order chi connectivity index (χ1) is 14.6. The minimum Gasteiger partial charge on any atom is -0.490 e.